The highest BCUT2D eigenvalue weighted by Crippen LogP contribution is 2.35. The number of benzene rings is 2. The number of amides is 2. The van der Waals surface area contributed by atoms with Gasteiger partial charge in [0.25, 0.3) is 0 Å². The van der Waals surface area contributed by atoms with Crippen molar-refractivity contribution in [1.82, 2.24) is 10.2 Å². The molecule has 0 aliphatic carbocycles. The largest absolute Gasteiger partial charge is 0.311 e. The Balaban J connectivity index is 1.40. The Bertz CT molecular complexity index is 1050. The van der Waals surface area contributed by atoms with Crippen LogP contribution in [0.5, 0.6) is 0 Å². The summed E-state index contributed by atoms with van der Waals surface area (Å²) in [5.74, 6) is -0.0730. The molecule has 1 atom stereocenters. The minimum absolute atomic E-state index is 0.0169. The molecule has 2 heterocycles. The highest BCUT2D eigenvalue weighted by molar-refractivity contribution is 9.10. The van der Waals surface area contributed by atoms with Crippen LogP contribution in [-0.4, -0.2) is 28.6 Å². The van der Waals surface area contributed by atoms with Gasteiger partial charge < -0.3 is 10.2 Å². The van der Waals surface area contributed by atoms with Crippen LogP contribution in [-0.2, 0) is 16.0 Å². The smallest absolute Gasteiger partial charge is 0.230 e. The number of hydrogen-bond donors (Lipinski definition) is 1. The number of para-hydroxylation sites is 1. The van der Waals surface area contributed by atoms with Crippen molar-refractivity contribution in [2.24, 2.45) is 0 Å². The van der Waals surface area contributed by atoms with Crippen molar-refractivity contribution >= 4 is 49.9 Å². The lowest BCUT2D eigenvalue weighted by Gasteiger charge is -2.18. The van der Waals surface area contributed by atoms with E-state index in [9.17, 15) is 9.59 Å². The number of aryl methyl sites for hydroxylation is 1. The van der Waals surface area contributed by atoms with Gasteiger partial charge in [0.15, 0.2) is 0 Å². The minimum atomic E-state index is -0.140. The van der Waals surface area contributed by atoms with Gasteiger partial charge in [-0.15, -0.1) is 10.2 Å². The van der Waals surface area contributed by atoms with Crippen LogP contribution in [0.15, 0.2) is 53.0 Å². The molecule has 0 radical (unpaired) electrons. The molecule has 1 aromatic heterocycles. The number of nitrogens with one attached hydrogen (secondary N) is 1. The second-order valence-electron chi connectivity index (χ2n) is 6.99. The lowest BCUT2D eigenvalue weighted by atomic mass is 10.1. The highest BCUT2D eigenvalue weighted by atomic mass is 79.9. The van der Waals surface area contributed by atoms with Crippen LogP contribution in [0.1, 0.15) is 28.5 Å². The molecule has 2 amide bonds. The summed E-state index contributed by atoms with van der Waals surface area (Å²) in [4.78, 5) is 26.6. The number of nitrogens with zero attached hydrogens (tertiary/aromatic N) is 3. The zero-order chi connectivity index (χ0) is 20.4. The van der Waals surface area contributed by atoms with Crippen LogP contribution in [0.3, 0.4) is 0 Å². The SMILES string of the molecule is Cc1ccccc1N1CC(c2nnc(NC(=O)Cc3ccc(Br)cc3)s2)CC1=O. The van der Waals surface area contributed by atoms with Gasteiger partial charge in [-0.3, -0.25) is 9.59 Å². The monoisotopic (exact) mass is 470 g/mol. The fourth-order valence-corrected chi connectivity index (χ4v) is 4.49. The van der Waals surface area contributed by atoms with E-state index in [0.29, 0.717) is 18.1 Å². The van der Waals surface area contributed by atoms with Crippen LogP contribution in [0.4, 0.5) is 10.8 Å². The molecule has 1 N–H and O–H groups in total. The van der Waals surface area contributed by atoms with Crippen molar-refractivity contribution in [2.45, 2.75) is 25.7 Å². The Labute approximate surface area is 181 Å². The van der Waals surface area contributed by atoms with Crippen molar-refractivity contribution in [1.29, 1.82) is 0 Å². The highest BCUT2D eigenvalue weighted by Gasteiger charge is 2.34. The third kappa shape index (κ3) is 4.54. The molecule has 1 unspecified atom stereocenters. The summed E-state index contributed by atoms with van der Waals surface area (Å²) in [5, 5.41) is 12.4. The molecular weight excluding hydrogens is 452 g/mol. The molecule has 4 rings (SSSR count). The van der Waals surface area contributed by atoms with E-state index in [1.54, 1.807) is 0 Å². The molecule has 0 bridgehead atoms. The van der Waals surface area contributed by atoms with Gasteiger partial charge in [-0.2, -0.15) is 0 Å². The first-order chi connectivity index (χ1) is 14.0. The summed E-state index contributed by atoms with van der Waals surface area (Å²) >= 11 is 4.72. The minimum Gasteiger partial charge on any atom is -0.311 e. The van der Waals surface area contributed by atoms with Crippen molar-refractivity contribution in [3.8, 4) is 0 Å². The first-order valence-electron chi connectivity index (χ1n) is 9.23. The first-order valence-corrected chi connectivity index (χ1v) is 10.8. The Morgan fingerprint density at radius 3 is 2.72 bits per heavy atom. The lowest BCUT2D eigenvalue weighted by molar-refractivity contribution is -0.117. The van der Waals surface area contributed by atoms with Crippen LogP contribution >= 0.6 is 27.3 Å². The van der Waals surface area contributed by atoms with E-state index in [2.05, 4.69) is 31.4 Å². The summed E-state index contributed by atoms with van der Waals surface area (Å²) in [6.45, 7) is 2.57. The fraction of sp³-hybridized carbons (Fsp3) is 0.238. The van der Waals surface area contributed by atoms with E-state index in [1.165, 1.54) is 11.3 Å². The molecule has 1 aliphatic heterocycles. The topological polar surface area (TPSA) is 75.2 Å². The average molecular weight is 471 g/mol. The number of rotatable bonds is 5. The number of carbonyl (C=O) groups excluding carboxylic acids is 2. The molecular formula is C21H19BrN4O2S. The molecule has 148 valence electrons. The van der Waals surface area contributed by atoms with Gasteiger partial charge in [-0.1, -0.05) is 57.6 Å². The van der Waals surface area contributed by atoms with E-state index < -0.39 is 0 Å². The molecule has 1 aliphatic rings. The number of halogens is 1. The Kier molecular flexibility index (Phi) is 5.73. The number of anilines is 2. The average Bonchev–Trinajstić information content (AvgIpc) is 3.31. The molecule has 29 heavy (non-hydrogen) atoms. The molecule has 2 aromatic carbocycles. The molecule has 6 nitrogen and oxygen atoms in total. The summed E-state index contributed by atoms with van der Waals surface area (Å²) in [6.07, 6.45) is 0.668. The van der Waals surface area contributed by atoms with Crippen LogP contribution < -0.4 is 10.2 Å². The molecule has 8 heteroatoms. The van der Waals surface area contributed by atoms with Crippen molar-refractivity contribution < 1.29 is 9.59 Å². The predicted octanol–water partition coefficient (Wildman–Crippen LogP) is 4.31. The third-order valence-corrected chi connectivity index (χ3v) is 6.38. The Morgan fingerprint density at radius 2 is 1.97 bits per heavy atom. The number of aromatic nitrogens is 2. The molecule has 3 aromatic rings. The van der Waals surface area contributed by atoms with E-state index in [-0.39, 0.29) is 24.2 Å². The first kappa shape index (κ1) is 19.7. The van der Waals surface area contributed by atoms with Gasteiger partial charge in [0.05, 0.1) is 6.42 Å². The second-order valence-corrected chi connectivity index (χ2v) is 8.91. The molecule has 1 saturated heterocycles. The maximum Gasteiger partial charge on any atom is 0.230 e. The zero-order valence-corrected chi connectivity index (χ0v) is 18.2. The summed E-state index contributed by atoms with van der Waals surface area (Å²) in [7, 11) is 0. The number of hydrogen-bond acceptors (Lipinski definition) is 5. The van der Waals surface area contributed by atoms with Gasteiger partial charge in [0.1, 0.15) is 5.01 Å². The van der Waals surface area contributed by atoms with Crippen molar-refractivity contribution in [3.05, 3.63) is 69.1 Å². The maximum absolute atomic E-state index is 12.5. The van der Waals surface area contributed by atoms with Crippen LogP contribution in [0, 0.1) is 6.92 Å². The van der Waals surface area contributed by atoms with Crippen LogP contribution in [0.25, 0.3) is 0 Å². The van der Waals surface area contributed by atoms with Crippen molar-refractivity contribution in [2.75, 3.05) is 16.8 Å². The quantitative estimate of drug-likeness (QED) is 0.602. The van der Waals surface area contributed by atoms with Crippen LogP contribution in [0.2, 0.25) is 0 Å². The standard InChI is InChI=1S/C21H19BrN4O2S/c1-13-4-2-3-5-17(13)26-12-15(11-19(26)28)20-24-25-21(29-20)23-18(27)10-14-6-8-16(22)9-7-14/h2-9,15H,10-12H2,1H3,(H,23,25,27). The van der Waals surface area contributed by atoms with Gasteiger partial charge in [-0.25, -0.2) is 0 Å². The summed E-state index contributed by atoms with van der Waals surface area (Å²) in [6, 6.07) is 15.5. The summed E-state index contributed by atoms with van der Waals surface area (Å²) in [5.41, 5.74) is 2.93. The molecule has 1 fully saturated rings. The van der Waals surface area contributed by atoms with Gasteiger partial charge in [0.2, 0.25) is 16.9 Å². The van der Waals surface area contributed by atoms with E-state index in [1.807, 2.05) is 60.4 Å². The van der Waals surface area contributed by atoms with Crippen molar-refractivity contribution in [3.63, 3.8) is 0 Å². The Morgan fingerprint density at radius 1 is 1.21 bits per heavy atom. The second kappa shape index (κ2) is 8.42. The van der Waals surface area contributed by atoms with Gasteiger partial charge in [-0.05, 0) is 36.2 Å². The van der Waals surface area contributed by atoms with E-state index in [0.717, 1.165) is 26.3 Å². The fourth-order valence-electron chi connectivity index (χ4n) is 3.37. The van der Waals surface area contributed by atoms with Gasteiger partial charge in [0, 0.05) is 29.0 Å². The van der Waals surface area contributed by atoms with E-state index in [4.69, 9.17) is 0 Å². The van der Waals surface area contributed by atoms with Gasteiger partial charge >= 0.3 is 0 Å². The molecule has 0 spiro atoms. The Hall–Kier alpha value is -2.58. The lowest BCUT2D eigenvalue weighted by Crippen LogP contribution is -2.25. The maximum atomic E-state index is 12.5. The predicted molar refractivity (Wildman–Crippen MR) is 117 cm³/mol. The normalized spacial score (nSPS) is 16.3. The summed E-state index contributed by atoms with van der Waals surface area (Å²) < 4.78 is 0.973. The third-order valence-electron chi connectivity index (χ3n) is 4.85. The molecule has 0 saturated carbocycles. The zero-order valence-electron chi connectivity index (χ0n) is 15.8. The number of carbonyl (C=O) groups is 2. The van der Waals surface area contributed by atoms with E-state index >= 15 is 0 Å².